The van der Waals surface area contributed by atoms with E-state index in [1.807, 2.05) is 36.1 Å². The average molecular weight is 439 g/mol. The van der Waals surface area contributed by atoms with Gasteiger partial charge >= 0.3 is 5.69 Å². The molecule has 0 saturated carbocycles. The van der Waals surface area contributed by atoms with Crippen molar-refractivity contribution in [2.45, 2.75) is 39.2 Å². The Labute approximate surface area is 186 Å². The molecule has 170 valence electrons. The molecule has 2 N–H and O–H groups in total. The average Bonchev–Trinajstić information content (AvgIpc) is 3.22. The molecule has 32 heavy (non-hydrogen) atoms. The molecule has 1 saturated heterocycles. The summed E-state index contributed by atoms with van der Waals surface area (Å²) in [6.07, 6.45) is 3.03. The Hall–Kier alpha value is -3.36. The quantitative estimate of drug-likeness (QED) is 0.580. The van der Waals surface area contributed by atoms with E-state index in [0.29, 0.717) is 31.9 Å². The number of imidazole rings is 1. The first-order valence-electron chi connectivity index (χ1n) is 11.2. The molecular weight excluding hydrogens is 408 g/mol. The van der Waals surface area contributed by atoms with E-state index in [9.17, 15) is 14.4 Å². The van der Waals surface area contributed by atoms with Crippen LogP contribution in [0.2, 0.25) is 0 Å². The molecule has 1 fully saturated rings. The van der Waals surface area contributed by atoms with E-state index in [0.717, 1.165) is 47.2 Å². The number of benzene rings is 1. The number of hydrogen-bond donors (Lipinski definition) is 2. The van der Waals surface area contributed by atoms with Crippen molar-refractivity contribution in [3.05, 3.63) is 57.0 Å². The summed E-state index contributed by atoms with van der Waals surface area (Å²) in [4.78, 5) is 47.5. The number of nitrogens with one attached hydrogen (secondary N) is 2. The van der Waals surface area contributed by atoms with E-state index < -0.39 is 0 Å². The van der Waals surface area contributed by atoms with Gasteiger partial charge in [0.15, 0.2) is 0 Å². The monoisotopic (exact) mass is 438 g/mol. The Morgan fingerprint density at radius 3 is 2.88 bits per heavy atom. The van der Waals surface area contributed by atoms with Gasteiger partial charge in [-0.3, -0.25) is 18.7 Å². The number of carbonyl (C=O) groups excluding carboxylic acids is 1. The van der Waals surface area contributed by atoms with Crippen molar-refractivity contribution in [2.75, 3.05) is 24.5 Å². The Morgan fingerprint density at radius 1 is 1.28 bits per heavy atom. The third-order valence-corrected chi connectivity index (χ3v) is 6.04. The van der Waals surface area contributed by atoms with Gasteiger partial charge in [-0.25, -0.2) is 9.78 Å². The summed E-state index contributed by atoms with van der Waals surface area (Å²) in [5.74, 6) is 1.27. The Kier molecular flexibility index (Phi) is 6.43. The normalized spacial score (nSPS) is 16.4. The minimum absolute atomic E-state index is 0.000895. The maximum Gasteiger partial charge on any atom is 0.332 e. The fourth-order valence-electron chi connectivity index (χ4n) is 4.33. The van der Waals surface area contributed by atoms with Crippen LogP contribution in [-0.4, -0.2) is 44.6 Å². The van der Waals surface area contributed by atoms with Gasteiger partial charge in [-0.05, 0) is 31.4 Å². The minimum atomic E-state index is -0.324. The Morgan fingerprint density at radius 2 is 2.09 bits per heavy atom. The van der Waals surface area contributed by atoms with Gasteiger partial charge in [-0.15, -0.1) is 0 Å². The molecule has 1 aliphatic rings. The van der Waals surface area contributed by atoms with Crippen molar-refractivity contribution < 1.29 is 4.79 Å². The number of anilines is 1. The number of amides is 1. The minimum Gasteiger partial charge on any atom is -0.357 e. The lowest BCUT2D eigenvalue weighted by atomic mass is 9.97. The first-order valence-corrected chi connectivity index (χ1v) is 11.2. The summed E-state index contributed by atoms with van der Waals surface area (Å²) in [5, 5.41) is 3.03. The second-order valence-electron chi connectivity index (χ2n) is 8.36. The van der Waals surface area contributed by atoms with E-state index in [1.165, 1.54) is 13.1 Å². The summed E-state index contributed by atoms with van der Waals surface area (Å²) in [6.45, 7) is 4.25. The zero-order valence-electron chi connectivity index (χ0n) is 18.6. The van der Waals surface area contributed by atoms with E-state index in [-0.39, 0.29) is 23.1 Å². The SMILES string of the molecule is CCCn1c(N2CCCC(C(=O)NCCc3nc4ccccc4[nH]3)C2)cc(=O)n(C)c1=O. The third kappa shape index (κ3) is 4.46. The first-order chi connectivity index (χ1) is 15.5. The van der Waals surface area contributed by atoms with Crippen molar-refractivity contribution in [1.29, 1.82) is 0 Å². The zero-order chi connectivity index (χ0) is 22.7. The highest BCUT2D eigenvalue weighted by molar-refractivity contribution is 5.79. The van der Waals surface area contributed by atoms with Crippen LogP contribution >= 0.6 is 0 Å². The van der Waals surface area contributed by atoms with Crippen LogP contribution in [0.25, 0.3) is 11.0 Å². The lowest BCUT2D eigenvalue weighted by Gasteiger charge is -2.34. The summed E-state index contributed by atoms with van der Waals surface area (Å²) in [6, 6.07) is 9.37. The number of piperidine rings is 1. The van der Waals surface area contributed by atoms with Crippen molar-refractivity contribution in [1.82, 2.24) is 24.4 Å². The van der Waals surface area contributed by atoms with Crippen molar-refractivity contribution in [3.63, 3.8) is 0 Å². The highest BCUT2D eigenvalue weighted by atomic mass is 16.2. The summed E-state index contributed by atoms with van der Waals surface area (Å²) < 4.78 is 2.77. The van der Waals surface area contributed by atoms with Gasteiger partial charge in [0.2, 0.25) is 5.91 Å². The topological polar surface area (TPSA) is 105 Å². The number of H-pyrrole nitrogens is 1. The predicted molar refractivity (Wildman–Crippen MR) is 124 cm³/mol. The lowest BCUT2D eigenvalue weighted by molar-refractivity contribution is -0.125. The maximum atomic E-state index is 12.8. The van der Waals surface area contributed by atoms with Crippen LogP contribution < -0.4 is 21.5 Å². The third-order valence-electron chi connectivity index (χ3n) is 6.04. The van der Waals surface area contributed by atoms with Gasteiger partial charge in [0.25, 0.3) is 5.56 Å². The second-order valence-corrected chi connectivity index (χ2v) is 8.36. The van der Waals surface area contributed by atoms with Crippen LogP contribution in [-0.2, 0) is 24.8 Å². The molecule has 3 aromatic rings. The maximum absolute atomic E-state index is 12.8. The molecule has 1 aliphatic heterocycles. The molecule has 2 aromatic heterocycles. The lowest BCUT2D eigenvalue weighted by Crippen LogP contribution is -2.47. The summed E-state index contributed by atoms with van der Waals surface area (Å²) >= 11 is 0. The van der Waals surface area contributed by atoms with Crippen molar-refractivity contribution in [2.24, 2.45) is 13.0 Å². The fraction of sp³-hybridized carbons (Fsp3) is 0.478. The van der Waals surface area contributed by atoms with E-state index in [1.54, 1.807) is 4.57 Å². The van der Waals surface area contributed by atoms with E-state index in [2.05, 4.69) is 15.3 Å². The molecule has 1 unspecified atom stereocenters. The molecule has 0 aliphatic carbocycles. The van der Waals surface area contributed by atoms with Gasteiger partial charge in [0.05, 0.1) is 17.0 Å². The number of carbonyl (C=O) groups is 1. The number of para-hydroxylation sites is 2. The molecule has 3 heterocycles. The summed E-state index contributed by atoms with van der Waals surface area (Å²) in [5.41, 5.74) is 1.27. The highest BCUT2D eigenvalue weighted by Crippen LogP contribution is 2.22. The zero-order valence-corrected chi connectivity index (χ0v) is 18.6. The van der Waals surface area contributed by atoms with E-state index >= 15 is 0 Å². The molecule has 9 nitrogen and oxygen atoms in total. The molecule has 9 heteroatoms. The number of aromatic amines is 1. The fourth-order valence-corrected chi connectivity index (χ4v) is 4.33. The number of aromatic nitrogens is 4. The van der Waals surface area contributed by atoms with Crippen LogP contribution in [0.5, 0.6) is 0 Å². The molecule has 1 amide bonds. The molecule has 1 aromatic carbocycles. The largest absolute Gasteiger partial charge is 0.357 e. The Balaban J connectivity index is 1.41. The number of fused-ring (bicyclic) bond motifs is 1. The van der Waals surface area contributed by atoms with Crippen LogP contribution in [0, 0.1) is 5.92 Å². The van der Waals surface area contributed by atoms with Crippen LogP contribution in [0.1, 0.15) is 32.0 Å². The Bertz CT molecular complexity index is 1190. The number of rotatable bonds is 7. The predicted octanol–water partition coefficient (Wildman–Crippen LogP) is 1.41. The smallest absolute Gasteiger partial charge is 0.332 e. The van der Waals surface area contributed by atoms with Gasteiger partial charge in [0, 0.05) is 45.7 Å². The van der Waals surface area contributed by atoms with Gasteiger partial charge in [-0.1, -0.05) is 19.1 Å². The van der Waals surface area contributed by atoms with Gasteiger partial charge in [-0.2, -0.15) is 0 Å². The molecule has 1 atom stereocenters. The molecule has 0 spiro atoms. The molecule has 0 radical (unpaired) electrons. The molecule has 0 bridgehead atoms. The number of nitrogens with zero attached hydrogens (tertiary/aromatic N) is 4. The second kappa shape index (κ2) is 9.42. The summed E-state index contributed by atoms with van der Waals surface area (Å²) in [7, 11) is 1.50. The highest BCUT2D eigenvalue weighted by Gasteiger charge is 2.27. The van der Waals surface area contributed by atoms with Crippen LogP contribution in [0.4, 0.5) is 5.82 Å². The van der Waals surface area contributed by atoms with Crippen LogP contribution in [0.3, 0.4) is 0 Å². The standard InChI is InChI=1S/C23H30N6O3/c1-3-12-29-20(14-21(30)27(2)23(29)32)28-13-6-7-16(15-28)22(31)24-11-10-19-25-17-8-4-5-9-18(17)26-19/h4-5,8-9,14,16H,3,6-7,10-13,15H2,1-2H3,(H,24,31)(H,25,26). The van der Waals surface area contributed by atoms with Crippen LogP contribution in [0.15, 0.2) is 39.9 Å². The van der Waals surface area contributed by atoms with E-state index in [4.69, 9.17) is 0 Å². The van der Waals surface area contributed by atoms with Gasteiger partial charge in [0.1, 0.15) is 11.6 Å². The van der Waals surface area contributed by atoms with Crippen molar-refractivity contribution >= 4 is 22.8 Å². The van der Waals surface area contributed by atoms with Crippen molar-refractivity contribution in [3.8, 4) is 0 Å². The number of hydrogen-bond acceptors (Lipinski definition) is 5. The molecular formula is C23H30N6O3. The van der Waals surface area contributed by atoms with Gasteiger partial charge < -0.3 is 15.2 Å². The first kappa shape index (κ1) is 21.9. The molecule has 4 rings (SSSR count).